The molecule has 0 bridgehead atoms. The zero-order chi connectivity index (χ0) is 12.4. The molecule has 1 heterocycles. The molecule has 0 aliphatic carbocycles. The lowest BCUT2D eigenvalue weighted by atomic mass is 9.91. The number of rotatable bonds is 2. The van der Waals surface area contributed by atoms with Crippen molar-refractivity contribution in [1.29, 1.82) is 0 Å². The van der Waals surface area contributed by atoms with Gasteiger partial charge in [-0.3, -0.25) is 0 Å². The van der Waals surface area contributed by atoms with Gasteiger partial charge < -0.3 is 4.74 Å². The van der Waals surface area contributed by atoms with E-state index in [9.17, 15) is 8.78 Å². The Morgan fingerprint density at radius 3 is 2.53 bits per heavy atom. The van der Waals surface area contributed by atoms with Crippen LogP contribution in [0.2, 0.25) is 0 Å². The van der Waals surface area contributed by atoms with Crippen LogP contribution in [0.4, 0.5) is 8.78 Å². The van der Waals surface area contributed by atoms with Crippen molar-refractivity contribution in [3.8, 4) is 0 Å². The number of halogens is 4. The summed E-state index contributed by atoms with van der Waals surface area (Å²) >= 11 is 9.18. The summed E-state index contributed by atoms with van der Waals surface area (Å²) in [4.78, 5) is 0. The van der Waals surface area contributed by atoms with Crippen LogP contribution in [-0.4, -0.2) is 13.2 Å². The van der Waals surface area contributed by atoms with Crippen LogP contribution in [-0.2, 0) is 4.74 Å². The Labute approximate surface area is 112 Å². The average Bonchev–Trinajstić information content (AvgIpc) is 2.34. The molecule has 1 unspecified atom stereocenters. The highest BCUT2D eigenvalue weighted by atomic mass is 79.9. The minimum absolute atomic E-state index is 0.120. The molecule has 17 heavy (non-hydrogen) atoms. The molecule has 1 atom stereocenters. The monoisotopic (exact) mass is 324 g/mol. The number of hydrogen-bond acceptors (Lipinski definition) is 1. The Hall–Kier alpha value is -0.190. The van der Waals surface area contributed by atoms with Gasteiger partial charge in [0.15, 0.2) is 0 Å². The van der Waals surface area contributed by atoms with Crippen molar-refractivity contribution in [2.45, 2.75) is 18.2 Å². The summed E-state index contributed by atoms with van der Waals surface area (Å²) in [5, 5.41) is -0.499. The van der Waals surface area contributed by atoms with Crippen molar-refractivity contribution in [3.63, 3.8) is 0 Å². The molecule has 1 aromatic rings. The Balaban J connectivity index is 2.23. The van der Waals surface area contributed by atoms with Crippen molar-refractivity contribution in [1.82, 2.24) is 0 Å². The van der Waals surface area contributed by atoms with E-state index in [0.717, 1.165) is 18.9 Å². The number of hydrogen-bond donors (Lipinski definition) is 0. The molecule has 1 fully saturated rings. The molecule has 1 saturated heterocycles. The Kier molecular flexibility index (Phi) is 4.39. The highest BCUT2D eigenvalue weighted by molar-refractivity contribution is 9.10. The minimum Gasteiger partial charge on any atom is -0.381 e. The van der Waals surface area contributed by atoms with Crippen LogP contribution in [0.3, 0.4) is 0 Å². The highest BCUT2D eigenvalue weighted by Gasteiger charge is 2.26. The Bertz CT molecular complexity index is 408. The summed E-state index contributed by atoms with van der Waals surface area (Å²) in [6.07, 6.45) is 1.57. The minimum atomic E-state index is -0.499. The maximum absolute atomic E-state index is 13.7. The molecule has 0 saturated carbocycles. The lowest BCUT2D eigenvalue weighted by Crippen LogP contribution is -2.20. The third kappa shape index (κ3) is 2.98. The van der Waals surface area contributed by atoms with Crippen LogP contribution in [0.15, 0.2) is 16.6 Å². The van der Waals surface area contributed by atoms with Gasteiger partial charge in [-0.2, -0.15) is 0 Å². The maximum atomic E-state index is 13.7. The van der Waals surface area contributed by atoms with E-state index in [1.165, 1.54) is 6.07 Å². The molecule has 94 valence electrons. The predicted octanol–water partition coefficient (Wildman–Crippen LogP) is 4.43. The van der Waals surface area contributed by atoms with E-state index in [2.05, 4.69) is 15.9 Å². The van der Waals surface area contributed by atoms with Gasteiger partial charge in [-0.25, -0.2) is 8.78 Å². The normalized spacial score (nSPS) is 19.3. The molecule has 1 aliphatic heterocycles. The third-order valence-electron chi connectivity index (χ3n) is 3.02. The van der Waals surface area contributed by atoms with Crippen molar-refractivity contribution in [2.24, 2.45) is 5.92 Å². The number of ether oxygens (including phenoxy) is 1. The zero-order valence-corrected chi connectivity index (χ0v) is 11.4. The van der Waals surface area contributed by atoms with Crippen LogP contribution >= 0.6 is 27.5 Å². The fourth-order valence-corrected chi connectivity index (χ4v) is 2.75. The predicted molar refractivity (Wildman–Crippen MR) is 66.2 cm³/mol. The molecule has 5 heteroatoms. The molecule has 0 spiro atoms. The van der Waals surface area contributed by atoms with Gasteiger partial charge >= 0.3 is 0 Å². The van der Waals surface area contributed by atoms with Crippen molar-refractivity contribution in [2.75, 3.05) is 13.2 Å². The first-order chi connectivity index (χ1) is 8.09. The molecule has 1 nitrogen and oxygen atoms in total. The second-order valence-electron chi connectivity index (χ2n) is 4.14. The van der Waals surface area contributed by atoms with Crippen LogP contribution in [0.1, 0.15) is 23.8 Å². The van der Waals surface area contributed by atoms with Gasteiger partial charge in [0.2, 0.25) is 0 Å². The molecular formula is C12H12BrClF2O. The van der Waals surface area contributed by atoms with Gasteiger partial charge in [0.25, 0.3) is 0 Å². The number of benzene rings is 1. The van der Waals surface area contributed by atoms with E-state index in [1.54, 1.807) is 0 Å². The van der Waals surface area contributed by atoms with Crippen LogP contribution in [0.25, 0.3) is 0 Å². The van der Waals surface area contributed by atoms with E-state index in [4.69, 9.17) is 16.3 Å². The summed E-state index contributed by atoms with van der Waals surface area (Å²) in [6, 6.07) is 2.30. The molecule has 0 amide bonds. The first kappa shape index (κ1) is 13.2. The van der Waals surface area contributed by atoms with Gasteiger partial charge in [-0.1, -0.05) is 0 Å². The van der Waals surface area contributed by atoms with Crippen molar-refractivity contribution >= 4 is 27.5 Å². The van der Waals surface area contributed by atoms with E-state index >= 15 is 0 Å². The second kappa shape index (κ2) is 5.63. The van der Waals surface area contributed by atoms with Gasteiger partial charge in [0.05, 0.1) is 9.85 Å². The zero-order valence-electron chi connectivity index (χ0n) is 9.06. The van der Waals surface area contributed by atoms with E-state index in [-0.39, 0.29) is 16.0 Å². The fraction of sp³-hybridized carbons (Fsp3) is 0.500. The van der Waals surface area contributed by atoms with Crippen LogP contribution in [0, 0.1) is 17.6 Å². The van der Waals surface area contributed by atoms with Gasteiger partial charge in [-0.05, 0) is 46.8 Å². The summed E-state index contributed by atoms with van der Waals surface area (Å²) < 4.78 is 32.5. The summed E-state index contributed by atoms with van der Waals surface area (Å²) in [5.74, 6) is -0.815. The lowest BCUT2D eigenvalue weighted by Gasteiger charge is -2.26. The molecule has 1 aromatic carbocycles. The van der Waals surface area contributed by atoms with Gasteiger partial charge in [-0.15, -0.1) is 11.6 Å². The van der Waals surface area contributed by atoms with Gasteiger partial charge in [0.1, 0.15) is 11.6 Å². The average molecular weight is 326 g/mol. The van der Waals surface area contributed by atoms with Crippen LogP contribution < -0.4 is 0 Å². The fourth-order valence-electron chi connectivity index (χ4n) is 2.01. The first-order valence-corrected chi connectivity index (χ1v) is 6.69. The first-order valence-electron chi connectivity index (χ1n) is 5.46. The van der Waals surface area contributed by atoms with Crippen molar-refractivity contribution < 1.29 is 13.5 Å². The molecule has 1 aliphatic rings. The summed E-state index contributed by atoms with van der Waals surface area (Å²) in [7, 11) is 0. The van der Waals surface area contributed by atoms with E-state index in [1.807, 2.05) is 0 Å². The highest BCUT2D eigenvalue weighted by Crippen LogP contribution is 2.37. The molecule has 2 rings (SSSR count). The van der Waals surface area contributed by atoms with E-state index in [0.29, 0.717) is 13.2 Å². The number of alkyl halides is 1. The summed E-state index contributed by atoms with van der Waals surface area (Å²) in [5.41, 5.74) is 0.235. The second-order valence-corrected chi connectivity index (χ2v) is 5.46. The Morgan fingerprint density at radius 2 is 1.88 bits per heavy atom. The largest absolute Gasteiger partial charge is 0.381 e. The summed E-state index contributed by atoms with van der Waals surface area (Å²) in [6.45, 7) is 1.27. The van der Waals surface area contributed by atoms with E-state index < -0.39 is 17.0 Å². The quantitative estimate of drug-likeness (QED) is 0.577. The maximum Gasteiger partial charge on any atom is 0.137 e. The molecule has 0 aromatic heterocycles. The van der Waals surface area contributed by atoms with Crippen LogP contribution in [0.5, 0.6) is 0 Å². The Morgan fingerprint density at radius 1 is 1.24 bits per heavy atom. The lowest BCUT2D eigenvalue weighted by molar-refractivity contribution is 0.0648. The molecular weight excluding hydrogens is 313 g/mol. The standard InChI is InChI=1S/C12H12BrClF2O/c13-9-6-10(15)8(5-11(9)16)12(14)7-1-3-17-4-2-7/h5-7,12H,1-4H2. The SMILES string of the molecule is Fc1cc(C(Cl)C2CCOCC2)c(F)cc1Br. The van der Waals surface area contributed by atoms with Crippen molar-refractivity contribution in [3.05, 3.63) is 33.8 Å². The smallest absolute Gasteiger partial charge is 0.137 e. The molecule has 0 radical (unpaired) electrons. The van der Waals surface area contributed by atoms with Gasteiger partial charge in [0, 0.05) is 18.8 Å². The molecule has 0 N–H and O–H groups in total. The topological polar surface area (TPSA) is 9.23 Å². The third-order valence-corrected chi connectivity index (χ3v) is 4.22.